The summed E-state index contributed by atoms with van der Waals surface area (Å²) >= 11 is 0. The zero-order valence-electron chi connectivity index (χ0n) is 26.4. The Labute approximate surface area is 298 Å². The molecule has 0 aliphatic carbocycles. The number of aromatic hydroxyl groups is 3. The van der Waals surface area contributed by atoms with E-state index in [0.717, 1.165) is 18.2 Å². The maximum atomic E-state index is 12.2. The molecule has 0 radical (unpaired) electrons. The number of aryl methyl sites for hydroxylation is 1. The predicted molar refractivity (Wildman–Crippen MR) is 183 cm³/mol. The van der Waals surface area contributed by atoms with Crippen molar-refractivity contribution >= 4 is 90.5 Å². The number of anilines is 1. The van der Waals surface area contributed by atoms with Crippen molar-refractivity contribution in [1.29, 1.82) is 0 Å². The smallest absolute Gasteiger partial charge is 0.296 e. The quantitative estimate of drug-likeness (QED) is 0.0561. The number of phenolic OH excluding ortho intramolecular Hbond substituents is 3. The zero-order chi connectivity index (χ0) is 39.6. The summed E-state index contributed by atoms with van der Waals surface area (Å²) in [5.41, 5.74) is 3.93. The number of hydrogen-bond donors (Lipinski definition) is 8. The van der Waals surface area contributed by atoms with E-state index in [0.29, 0.717) is 18.2 Å². The van der Waals surface area contributed by atoms with Crippen molar-refractivity contribution in [2.75, 3.05) is 12.8 Å². The summed E-state index contributed by atoms with van der Waals surface area (Å²) in [5.74, 6) is -2.93. The summed E-state index contributed by atoms with van der Waals surface area (Å²) < 4.78 is 139. The van der Waals surface area contributed by atoms with Gasteiger partial charge in [-0.25, -0.2) is 0 Å². The van der Waals surface area contributed by atoms with Gasteiger partial charge in [-0.2, -0.15) is 33.7 Å². The first-order valence-electron chi connectivity index (χ1n) is 13.9. The molecule has 0 aliphatic rings. The second-order valence-electron chi connectivity index (χ2n) is 10.9. The standard InChI is InChI=1S/C28H23N5O16S4/c1-11-5-17(32-30-15-4-3-14-20(51(40,41)42)10-21(52(43,44)45)25(29)24(14)27(15)35)19(49-2)9-16(11)31-33-26-22(53(46,47)48)7-12-6-13(50(37,38)39)8-18(34)23(12)28(26)36/h3-10,34-36H,29H2,1-2H3,(H,37,38,39)(H,40,41,42)(H,43,44,45)(H,46,47,48). The van der Waals surface area contributed by atoms with Gasteiger partial charge in [0.2, 0.25) is 0 Å². The Balaban J connectivity index is 1.61. The number of azo groups is 2. The third-order valence-electron chi connectivity index (χ3n) is 7.47. The van der Waals surface area contributed by atoms with Crippen LogP contribution in [0, 0.1) is 6.92 Å². The number of methoxy groups -OCH3 is 1. The normalized spacial score (nSPS) is 13.1. The van der Waals surface area contributed by atoms with E-state index in [2.05, 4.69) is 20.5 Å². The minimum atomic E-state index is -5.19. The number of ether oxygens (including phenoxy) is 1. The van der Waals surface area contributed by atoms with Crippen molar-refractivity contribution in [3.05, 3.63) is 54.1 Å². The third kappa shape index (κ3) is 7.39. The van der Waals surface area contributed by atoms with Crippen molar-refractivity contribution in [1.82, 2.24) is 0 Å². The average molecular weight is 814 g/mol. The summed E-state index contributed by atoms with van der Waals surface area (Å²) in [6, 6.07) is 6.98. The molecule has 0 aliphatic heterocycles. The number of hydrogen-bond acceptors (Lipinski definition) is 17. The molecule has 0 atom stereocenters. The second kappa shape index (κ2) is 13.1. The van der Waals surface area contributed by atoms with Crippen molar-refractivity contribution in [3.63, 3.8) is 0 Å². The van der Waals surface area contributed by atoms with Gasteiger partial charge < -0.3 is 25.8 Å². The van der Waals surface area contributed by atoms with Crippen molar-refractivity contribution in [3.8, 4) is 23.0 Å². The lowest BCUT2D eigenvalue weighted by Gasteiger charge is -2.13. The third-order valence-corrected chi connectivity index (χ3v) is 11.0. The first-order chi connectivity index (χ1) is 24.3. The van der Waals surface area contributed by atoms with E-state index in [1.165, 1.54) is 26.2 Å². The van der Waals surface area contributed by atoms with Gasteiger partial charge in [0.1, 0.15) is 43.2 Å². The summed E-state index contributed by atoms with van der Waals surface area (Å²) in [6.45, 7) is 1.46. The number of nitrogen functional groups attached to an aromatic ring is 1. The van der Waals surface area contributed by atoms with Crippen LogP contribution >= 0.6 is 0 Å². The van der Waals surface area contributed by atoms with E-state index >= 15 is 0 Å². The highest BCUT2D eigenvalue weighted by molar-refractivity contribution is 7.87. The van der Waals surface area contributed by atoms with E-state index in [4.69, 9.17) is 10.5 Å². The van der Waals surface area contributed by atoms with Crippen molar-refractivity contribution < 1.29 is 71.9 Å². The number of rotatable bonds is 9. The van der Waals surface area contributed by atoms with Crippen LogP contribution in [0.15, 0.2) is 88.6 Å². The number of phenols is 3. The van der Waals surface area contributed by atoms with Crippen LogP contribution < -0.4 is 10.5 Å². The molecule has 9 N–H and O–H groups in total. The topological polar surface area (TPSA) is 363 Å². The zero-order valence-corrected chi connectivity index (χ0v) is 29.7. The van der Waals surface area contributed by atoms with E-state index in [1.54, 1.807) is 0 Å². The van der Waals surface area contributed by atoms with E-state index in [9.17, 15) is 67.2 Å². The summed E-state index contributed by atoms with van der Waals surface area (Å²) in [7, 11) is -19.2. The molecular formula is C28H23N5O16S4. The Hall–Kier alpha value is -5.54. The molecule has 21 nitrogen and oxygen atoms in total. The van der Waals surface area contributed by atoms with Gasteiger partial charge in [-0.05, 0) is 48.2 Å². The van der Waals surface area contributed by atoms with Gasteiger partial charge >= 0.3 is 0 Å². The molecule has 53 heavy (non-hydrogen) atoms. The predicted octanol–water partition coefficient (Wildman–Crippen LogP) is 4.83. The van der Waals surface area contributed by atoms with E-state index in [1.807, 2.05) is 0 Å². The lowest BCUT2D eigenvalue weighted by Crippen LogP contribution is -2.08. The molecule has 25 heteroatoms. The molecule has 280 valence electrons. The molecule has 5 aromatic carbocycles. The monoisotopic (exact) mass is 813 g/mol. The Kier molecular flexibility index (Phi) is 9.60. The SMILES string of the molecule is COc1cc(N=Nc2c(S(=O)(=O)O)cc3cc(S(=O)(=O)O)cc(O)c3c2O)c(C)cc1N=Nc1ccc2c(S(=O)(=O)O)cc(S(=O)(=O)O)c(N)c2c1O. The molecule has 0 saturated carbocycles. The maximum absolute atomic E-state index is 12.2. The molecule has 0 amide bonds. The molecule has 0 unspecified atom stereocenters. The van der Waals surface area contributed by atoms with Gasteiger partial charge in [-0.3, -0.25) is 18.2 Å². The van der Waals surface area contributed by atoms with Gasteiger partial charge in [0.05, 0.1) is 34.2 Å². The molecule has 0 heterocycles. The highest BCUT2D eigenvalue weighted by atomic mass is 32.2. The minimum Gasteiger partial charge on any atom is -0.507 e. The first-order valence-corrected chi connectivity index (χ1v) is 19.6. The molecule has 5 aromatic rings. The van der Waals surface area contributed by atoms with Crippen LogP contribution in [0.25, 0.3) is 21.5 Å². The number of benzene rings is 5. The van der Waals surface area contributed by atoms with Crippen LogP contribution in [0.3, 0.4) is 0 Å². The summed E-state index contributed by atoms with van der Waals surface area (Å²) in [4.78, 5) is -4.04. The second-order valence-corrected chi connectivity index (χ2v) is 16.5. The summed E-state index contributed by atoms with van der Waals surface area (Å²) in [5, 5.41) is 45.8. The number of fused-ring (bicyclic) bond motifs is 2. The van der Waals surface area contributed by atoms with Crippen molar-refractivity contribution in [2.24, 2.45) is 20.5 Å². The van der Waals surface area contributed by atoms with Crippen LogP contribution in [0.1, 0.15) is 5.56 Å². The average Bonchev–Trinajstić information content (AvgIpc) is 3.02. The van der Waals surface area contributed by atoms with E-state index < -0.39 is 116 Å². The van der Waals surface area contributed by atoms with Crippen LogP contribution in [-0.4, -0.2) is 74.3 Å². The maximum Gasteiger partial charge on any atom is 0.296 e. The largest absolute Gasteiger partial charge is 0.507 e. The first kappa shape index (κ1) is 38.7. The molecule has 0 spiro atoms. The molecule has 0 saturated heterocycles. The fourth-order valence-corrected chi connectivity index (χ4v) is 7.70. The lowest BCUT2D eigenvalue weighted by atomic mass is 10.1. The van der Waals surface area contributed by atoms with Gasteiger partial charge in [0.15, 0.2) is 11.5 Å². The Morgan fingerprint density at radius 2 is 1.19 bits per heavy atom. The molecule has 0 aromatic heterocycles. The number of nitrogens with zero attached hydrogens (tertiary/aromatic N) is 4. The van der Waals surface area contributed by atoms with Crippen molar-refractivity contribution in [2.45, 2.75) is 26.5 Å². The van der Waals surface area contributed by atoms with Crippen LogP contribution in [0.2, 0.25) is 0 Å². The Morgan fingerprint density at radius 1 is 0.604 bits per heavy atom. The summed E-state index contributed by atoms with van der Waals surface area (Å²) in [6.07, 6.45) is 0. The van der Waals surface area contributed by atoms with Gasteiger partial charge in [-0.1, -0.05) is 6.07 Å². The fourth-order valence-electron chi connectivity index (χ4n) is 5.07. The highest BCUT2D eigenvalue weighted by Gasteiger charge is 2.28. The molecular weight excluding hydrogens is 791 g/mol. The molecule has 0 fully saturated rings. The Bertz CT molecular complexity index is 2930. The van der Waals surface area contributed by atoms with Gasteiger partial charge in [0.25, 0.3) is 40.5 Å². The Morgan fingerprint density at radius 3 is 1.75 bits per heavy atom. The minimum absolute atomic E-state index is 0.0477. The van der Waals surface area contributed by atoms with Gasteiger partial charge in [0, 0.05) is 17.5 Å². The fraction of sp³-hybridized carbons (Fsp3) is 0.0714. The number of nitrogens with two attached hydrogens (primary N) is 1. The van der Waals surface area contributed by atoms with Crippen LogP contribution in [0.5, 0.6) is 23.0 Å². The van der Waals surface area contributed by atoms with Crippen LogP contribution in [0.4, 0.5) is 28.4 Å². The molecule has 5 rings (SSSR count). The lowest BCUT2D eigenvalue weighted by molar-refractivity contribution is 0.416. The van der Waals surface area contributed by atoms with E-state index in [-0.39, 0.29) is 22.7 Å². The van der Waals surface area contributed by atoms with Gasteiger partial charge in [-0.15, -0.1) is 20.5 Å². The highest BCUT2D eigenvalue weighted by Crippen LogP contribution is 2.47. The molecule has 0 bridgehead atoms. The van der Waals surface area contributed by atoms with Crippen LogP contribution in [-0.2, 0) is 40.5 Å².